The number of primary amides is 1. The number of halogens is 1. The van der Waals surface area contributed by atoms with Gasteiger partial charge in [0.2, 0.25) is 15.9 Å². The van der Waals surface area contributed by atoms with Gasteiger partial charge in [-0.15, -0.1) is 0 Å². The van der Waals surface area contributed by atoms with Crippen molar-refractivity contribution in [2.75, 3.05) is 19.8 Å². The van der Waals surface area contributed by atoms with Crippen LogP contribution in [0.1, 0.15) is 10.4 Å². The lowest BCUT2D eigenvalue weighted by atomic mass is 10.2. The van der Waals surface area contributed by atoms with Gasteiger partial charge in [-0.1, -0.05) is 0 Å². The molecule has 0 heterocycles. The average Bonchev–Trinajstić information content (AvgIpc) is 2.37. The number of carboxylic acids is 1. The van der Waals surface area contributed by atoms with Gasteiger partial charge in [-0.2, -0.15) is 0 Å². The van der Waals surface area contributed by atoms with Crippen LogP contribution in [0.5, 0.6) is 0 Å². The van der Waals surface area contributed by atoms with E-state index in [1.807, 2.05) is 4.72 Å². The third-order valence-corrected chi connectivity index (χ3v) is 3.75. The summed E-state index contributed by atoms with van der Waals surface area (Å²) in [6.07, 6.45) is 0. The van der Waals surface area contributed by atoms with Crippen molar-refractivity contribution in [3.63, 3.8) is 0 Å². The molecule has 0 spiro atoms. The summed E-state index contributed by atoms with van der Waals surface area (Å²) in [5, 5.41) is 8.66. The fourth-order valence-corrected chi connectivity index (χ4v) is 2.42. The van der Waals surface area contributed by atoms with Crippen molar-refractivity contribution in [2.45, 2.75) is 4.90 Å². The number of amides is 1. The standard InChI is InChI=1S/C11H13FN2O6S/c12-8-5-7(11(16)17)1-2-9(8)21(18,19)14-3-4-20-6-10(13)15/h1-2,5,14H,3-4,6H2,(H2,13,15)(H,16,17). The van der Waals surface area contributed by atoms with Gasteiger partial charge in [0.05, 0.1) is 12.2 Å². The van der Waals surface area contributed by atoms with Crippen LogP contribution in [0.15, 0.2) is 23.1 Å². The summed E-state index contributed by atoms with van der Waals surface area (Å²) in [6.45, 7) is -0.684. The van der Waals surface area contributed by atoms with E-state index in [0.29, 0.717) is 6.07 Å². The van der Waals surface area contributed by atoms with E-state index in [9.17, 15) is 22.4 Å². The van der Waals surface area contributed by atoms with Crippen molar-refractivity contribution in [1.82, 2.24) is 4.72 Å². The highest BCUT2D eigenvalue weighted by Gasteiger charge is 2.20. The Morgan fingerprint density at radius 1 is 1.38 bits per heavy atom. The number of carboxylic acid groups (broad SMARTS) is 1. The molecule has 21 heavy (non-hydrogen) atoms. The molecule has 0 radical (unpaired) electrons. The summed E-state index contributed by atoms with van der Waals surface area (Å²) in [4.78, 5) is 20.3. The highest BCUT2D eigenvalue weighted by Crippen LogP contribution is 2.15. The minimum absolute atomic E-state index is 0.128. The minimum atomic E-state index is -4.15. The van der Waals surface area contributed by atoms with Crippen LogP contribution >= 0.6 is 0 Å². The van der Waals surface area contributed by atoms with Gasteiger partial charge in [0.15, 0.2) is 0 Å². The lowest BCUT2D eigenvalue weighted by Gasteiger charge is -2.08. The second-order valence-electron chi connectivity index (χ2n) is 3.87. The number of hydrogen-bond acceptors (Lipinski definition) is 5. The normalized spacial score (nSPS) is 11.3. The number of nitrogens with one attached hydrogen (secondary N) is 1. The van der Waals surface area contributed by atoms with Crippen molar-refractivity contribution in [2.24, 2.45) is 5.73 Å². The second kappa shape index (κ2) is 7.11. The van der Waals surface area contributed by atoms with Crippen LogP contribution in [0.4, 0.5) is 4.39 Å². The zero-order valence-corrected chi connectivity index (χ0v) is 11.5. The van der Waals surface area contributed by atoms with Crippen LogP contribution in [0, 0.1) is 5.82 Å². The Morgan fingerprint density at radius 2 is 2.05 bits per heavy atom. The van der Waals surface area contributed by atoms with Crippen LogP contribution in [-0.4, -0.2) is 45.2 Å². The lowest BCUT2D eigenvalue weighted by molar-refractivity contribution is -0.122. The van der Waals surface area contributed by atoms with Crippen LogP contribution in [-0.2, 0) is 19.6 Å². The summed E-state index contributed by atoms with van der Waals surface area (Å²) in [6, 6.07) is 2.44. The number of sulfonamides is 1. The highest BCUT2D eigenvalue weighted by atomic mass is 32.2. The van der Waals surface area contributed by atoms with Gasteiger partial charge in [0.25, 0.3) is 0 Å². The first-order valence-corrected chi connectivity index (χ1v) is 7.11. The Kier molecular flexibility index (Phi) is 5.76. The molecule has 0 atom stereocenters. The van der Waals surface area contributed by atoms with Crippen molar-refractivity contribution in [3.8, 4) is 0 Å². The lowest BCUT2D eigenvalue weighted by Crippen LogP contribution is -2.29. The molecule has 1 aromatic rings. The van der Waals surface area contributed by atoms with E-state index in [2.05, 4.69) is 0 Å². The van der Waals surface area contributed by atoms with E-state index in [1.165, 1.54) is 0 Å². The minimum Gasteiger partial charge on any atom is -0.478 e. The second-order valence-corrected chi connectivity index (χ2v) is 5.60. The first kappa shape index (κ1) is 17.0. The van der Waals surface area contributed by atoms with Gasteiger partial charge in [-0.25, -0.2) is 22.3 Å². The van der Waals surface area contributed by atoms with Gasteiger partial charge >= 0.3 is 5.97 Å². The van der Waals surface area contributed by atoms with Crippen LogP contribution in [0.2, 0.25) is 0 Å². The maximum atomic E-state index is 13.6. The van der Waals surface area contributed by atoms with Crippen LogP contribution < -0.4 is 10.5 Å². The summed E-state index contributed by atoms with van der Waals surface area (Å²) >= 11 is 0. The predicted octanol–water partition coefficient (Wildman–Crippen LogP) is -0.696. The zero-order valence-electron chi connectivity index (χ0n) is 10.7. The number of nitrogens with two attached hydrogens (primary N) is 1. The molecule has 116 valence electrons. The summed E-state index contributed by atoms with van der Waals surface area (Å²) in [5.41, 5.74) is 4.45. The average molecular weight is 320 g/mol. The number of hydrogen-bond donors (Lipinski definition) is 3. The molecule has 0 aliphatic heterocycles. The van der Waals surface area contributed by atoms with E-state index in [4.69, 9.17) is 15.6 Å². The van der Waals surface area contributed by atoms with Crippen molar-refractivity contribution >= 4 is 21.9 Å². The largest absolute Gasteiger partial charge is 0.478 e. The van der Waals surface area contributed by atoms with Crippen molar-refractivity contribution in [1.29, 1.82) is 0 Å². The van der Waals surface area contributed by atoms with Crippen LogP contribution in [0.25, 0.3) is 0 Å². The zero-order chi connectivity index (χ0) is 16.0. The van der Waals surface area contributed by atoms with E-state index in [1.54, 1.807) is 0 Å². The number of ether oxygens (including phenoxy) is 1. The maximum absolute atomic E-state index is 13.6. The van der Waals surface area contributed by atoms with E-state index >= 15 is 0 Å². The Hall–Kier alpha value is -2.04. The molecule has 0 unspecified atom stereocenters. The molecule has 10 heteroatoms. The van der Waals surface area contributed by atoms with Crippen molar-refractivity contribution < 1.29 is 32.2 Å². The molecule has 0 aromatic heterocycles. The summed E-state index contributed by atoms with van der Waals surface area (Å²) in [7, 11) is -4.15. The van der Waals surface area contributed by atoms with Crippen molar-refractivity contribution in [3.05, 3.63) is 29.6 Å². The molecular formula is C11H13FN2O6S. The fourth-order valence-electron chi connectivity index (χ4n) is 1.35. The van der Waals surface area contributed by atoms with Gasteiger partial charge in [0, 0.05) is 6.54 Å². The Labute approximate surface area is 119 Å². The molecule has 4 N–H and O–H groups in total. The number of rotatable bonds is 8. The van der Waals surface area contributed by atoms with Gasteiger partial charge < -0.3 is 15.6 Å². The molecule has 8 nitrogen and oxygen atoms in total. The summed E-state index contributed by atoms with van der Waals surface area (Å²) in [5.74, 6) is -3.25. The molecule has 1 rings (SSSR count). The number of carbonyl (C=O) groups excluding carboxylic acids is 1. The molecule has 0 saturated heterocycles. The molecular weight excluding hydrogens is 307 g/mol. The van der Waals surface area contributed by atoms with E-state index in [-0.39, 0.29) is 25.3 Å². The molecule has 1 amide bonds. The Bertz CT molecular complexity index is 646. The molecule has 0 bridgehead atoms. The van der Waals surface area contributed by atoms with E-state index < -0.39 is 32.6 Å². The topological polar surface area (TPSA) is 136 Å². The molecule has 0 aliphatic rings. The third kappa shape index (κ3) is 5.10. The first-order chi connectivity index (χ1) is 9.74. The fraction of sp³-hybridized carbons (Fsp3) is 0.273. The van der Waals surface area contributed by atoms with Gasteiger partial charge in [0.1, 0.15) is 17.3 Å². The Morgan fingerprint density at radius 3 is 2.57 bits per heavy atom. The van der Waals surface area contributed by atoms with E-state index in [0.717, 1.165) is 12.1 Å². The molecule has 0 fully saturated rings. The smallest absolute Gasteiger partial charge is 0.335 e. The predicted molar refractivity (Wildman–Crippen MR) is 68.6 cm³/mol. The van der Waals surface area contributed by atoms with Gasteiger partial charge in [-0.3, -0.25) is 4.79 Å². The highest BCUT2D eigenvalue weighted by molar-refractivity contribution is 7.89. The molecule has 0 saturated carbocycles. The quantitative estimate of drug-likeness (QED) is 0.542. The monoisotopic (exact) mass is 320 g/mol. The number of carbonyl (C=O) groups is 2. The summed E-state index contributed by atoms with van der Waals surface area (Å²) < 4.78 is 44.0. The molecule has 0 aliphatic carbocycles. The number of benzene rings is 1. The SMILES string of the molecule is NC(=O)COCCNS(=O)(=O)c1ccc(C(=O)O)cc1F. The van der Waals surface area contributed by atoms with Crippen LogP contribution in [0.3, 0.4) is 0 Å². The Balaban J connectivity index is 2.70. The third-order valence-electron chi connectivity index (χ3n) is 2.25. The maximum Gasteiger partial charge on any atom is 0.335 e. The molecule has 1 aromatic carbocycles. The van der Waals surface area contributed by atoms with Gasteiger partial charge in [-0.05, 0) is 18.2 Å². The first-order valence-electron chi connectivity index (χ1n) is 5.62. The number of aromatic carboxylic acids is 1.